The van der Waals surface area contributed by atoms with Gasteiger partial charge in [-0.3, -0.25) is 9.59 Å². The Balaban J connectivity index is 3.63. The summed E-state index contributed by atoms with van der Waals surface area (Å²) < 4.78 is 33.7. The molecule has 0 fully saturated rings. The van der Waals surface area contributed by atoms with Crippen LogP contribution in [-0.4, -0.2) is 58.4 Å². The third-order valence-electron chi connectivity index (χ3n) is 4.63. The quantitative estimate of drug-likeness (QED) is 0.226. The van der Waals surface area contributed by atoms with Gasteiger partial charge in [-0.15, -0.1) is 0 Å². The number of carbonyl (C=O) groups excluding carboxylic acids is 2. The lowest BCUT2D eigenvalue weighted by Gasteiger charge is -2.31. The summed E-state index contributed by atoms with van der Waals surface area (Å²) >= 11 is 0. The van der Waals surface area contributed by atoms with E-state index in [0.29, 0.717) is 36.9 Å². The zero-order chi connectivity index (χ0) is 25.0. The van der Waals surface area contributed by atoms with Crippen LogP contribution < -0.4 is 9.47 Å². The molecule has 0 radical (unpaired) electrons. The minimum atomic E-state index is -1.28. The molecule has 1 aromatic rings. The second-order valence-electron chi connectivity index (χ2n) is 8.55. The number of ether oxygens (including phenoxy) is 6. The third kappa shape index (κ3) is 8.85. The Morgan fingerprint density at radius 1 is 0.848 bits per heavy atom. The molecule has 33 heavy (non-hydrogen) atoms. The summed E-state index contributed by atoms with van der Waals surface area (Å²) in [5, 5.41) is 0. The third-order valence-corrected chi connectivity index (χ3v) is 4.63. The van der Waals surface area contributed by atoms with Crippen molar-refractivity contribution in [3.8, 4) is 11.5 Å². The van der Waals surface area contributed by atoms with Gasteiger partial charge in [-0.25, -0.2) is 0 Å². The molecule has 0 saturated carbocycles. The van der Waals surface area contributed by atoms with Crippen molar-refractivity contribution in [2.75, 3.05) is 40.1 Å². The van der Waals surface area contributed by atoms with E-state index in [9.17, 15) is 9.59 Å². The lowest BCUT2D eigenvalue weighted by Crippen LogP contribution is -2.41. The number of hydrogen-bond acceptors (Lipinski definition) is 8. The Kier molecular flexibility index (Phi) is 12.2. The van der Waals surface area contributed by atoms with E-state index in [-0.39, 0.29) is 18.6 Å². The predicted octanol–water partition coefficient (Wildman–Crippen LogP) is 4.35. The fourth-order valence-corrected chi connectivity index (χ4v) is 3.25. The van der Waals surface area contributed by atoms with Crippen molar-refractivity contribution in [1.29, 1.82) is 0 Å². The van der Waals surface area contributed by atoms with Gasteiger partial charge in [0.15, 0.2) is 23.7 Å². The van der Waals surface area contributed by atoms with Crippen molar-refractivity contribution in [2.24, 2.45) is 11.3 Å². The summed E-state index contributed by atoms with van der Waals surface area (Å²) in [5.74, 6) is -2.47. The Bertz CT molecular complexity index is 716. The van der Waals surface area contributed by atoms with Crippen LogP contribution in [0.3, 0.4) is 0 Å². The first-order valence-corrected chi connectivity index (χ1v) is 11.5. The van der Waals surface area contributed by atoms with E-state index in [1.807, 2.05) is 13.8 Å². The van der Waals surface area contributed by atoms with Crippen LogP contribution in [0, 0.1) is 11.3 Å². The molecule has 0 bridgehead atoms. The van der Waals surface area contributed by atoms with E-state index in [4.69, 9.17) is 28.4 Å². The van der Waals surface area contributed by atoms with Crippen LogP contribution in [0.25, 0.3) is 0 Å². The molecule has 1 unspecified atom stereocenters. The van der Waals surface area contributed by atoms with E-state index in [1.54, 1.807) is 39.2 Å². The number of carbonyl (C=O) groups is 2. The second-order valence-corrected chi connectivity index (χ2v) is 8.55. The monoisotopic (exact) mass is 468 g/mol. The molecule has 8 heteroatoms. The molecule has 0 aliphatic heterocycles. The molecule has 8 nitrogen and oxygen atoms in total. The van der Waals surface area contributed by atoms with E-state index < -0.39 is 30.1 Å². The molecule has 0 N–H and O–H groups in total. The van der Waals surface area contributed by atoms with Gasteiger partial charge in [-0.1, -0.05) is 26.8 Å². The summed E-state index contributed by atoms with van der Waals surface area (Å²) in [4.78, 5) is 25.9. The first-order valence-electron chi connectivity index (χ1n) is 11.5. The van der Waals surface area contributed by atoms with E-state index in [0.717, 1.165) is 0 Å². The minimum Gasteiger partial charge on any atom is -0.493 e. The van der Waals surface area contributed by atoms with Crippen LogP contribution in [-0.2, 0) is 28.5 Å². The minimum absolute atomic E-state index is 0.0853. The molecule has 188 valence electrons. The number of benzene rings is 1. The smallest absolute Gasteiger partial charge is 0.321 e. The highest BCUT2D eigenvalue weighted by Gasteiger charge is 2.44. The molecule has 1 atom stereocenters. The lowest BCUT2D eigenvalue weighted by atomic mass is 9.84. The highest BCUT2D eigenvalue weighted by atomic mass is 16.7. The van der Waals surface area contributed by atoms with Crippen molar-refractivity contribution in [3.05, 3.63) is 23.8 Å². The van der Waals surface area contributed by atoms with Crippen molar-refractivity contribution < 1.29 is 38.0 Å². The van der Waals surface area contributed by atoms with Crippen LogP contribution in [0.1, 0.15) is 59.9 Å². The van der Waals surface area contributed by atoms with Gasteiger partial charge in [-0.2, -0.15) is 0 Å². The highest BCUT2D eigenvalue weighted by molar-refractivity contribution is 5.96. The summed E-state index contributed by atoms with van der Waals surface area (Å²) in [6, 6.07) is 5.26. The SMILES string of the molecule is CCOC(=O)C(C(=O)OCC)C(c1ccc(OC)c(OCC(C)(C)C)c1)C(OCC)OCC. The Labute approximate surface area is 197 Å². The molecule has 0 aliphatic carbocycles. The zero-order valence-corrected chi connectivity index (χ0v) is 21.3. The predicted molar refractivity (Wildman–Crippen MR) is 124 cm³/mol. The topological polar surface area (TPSA) is 89.5 Å². The van der Waals surface area contributed by atoms with Crippen LogP contribution in [0.4, 0.5) is 0 Å². The zero-order valence-electron chi connectivity index (χ0n) is 21.3. The molecule has 1 aromatic carbocycles. The summed E-state index contributed by atoms with van der Waals surface area (Å²) in [5.41, 5.74) is 0.524. The molecule has 0 amide bonds. The van der Waals surface area contributed by atoms with Gasteiger partial charge in [0.1, 0.15) is 0 Å². The lowest BCUT2D eigenvalue weighted by molar-refractivity contribution is -0.183. The van der Waals surface area contributed by atoms with Gasteiger partial charge >= 0.3 is 11.9 Å². The maximum Gasteiger partial charge on any atom is 0.321 e. The Morgan fingerprint density at radius 2 is 1.39 bits per heavy atom. The summed E-state index contributed by atoms with van der Waals surface area (Å²) in [7, 11) is 1.56. The first kappa shape index (κ1) is 28.7. The van der Waals surface area contributed by atoms with Gasteiger partial charge in [-0.05, 0) is 50.8 Å². The first-order chi connectivity index (χ1) is 15.6. The summed E-state index contributed by atoms with van der Waals surface area (Å²) in [6.45, 7) is 14.5. The molecule has 0 spiro atoms. The van der Waals surface area contributed by atoms with Crippen molar-refractivity contribution in [2.45, 2.75) is 60.7 Å². The molecule has 1 rings (SSSR count). The maximum absolute atomic E-state index is 13.0. The van der Waals surface area contributed by atoms with E-state index in [2.05, 4.69) is 20.8 Å². The van der Waals surface area contributed by atoms with E-state index in [1.165, 1.54) is 0 Å². The van der Waals surface area contributed by atoms with Crippen molar-refractivity contribution >= 4 is 11.9 Å². The number of methoxy groups -OCH3 is 1. The number of esters is 2. The maximum atomic E-state index is 13.0. The molecule has 0 aromatic heterocycles. The van der Waals surface area contributed by atoms with Crippen LogP contribution >= 0.6 is 0 Å². The Morgan fingerprint density at radius 3 is 1.82 bits per heavy atom. The second kappa shape index (κ2) is 14.1. The van der Waals surface area contributed by atoms with Gasteiger partial charge in [0, 0.05) is 13.2 Å². The van der Waals surface area contributed by atoms with E-state index >= 15 is 0 Å². The van der Waals surface area contributed by atoms with Crippen LogP contribution in [0.15, 0.2) is 18.2 Å². The fourth-order valence-electron chi connectivity index (χ4n) is 3.25. The van der Waals surface area contributed by atoms with Crippen molar-refractivity contribution in [3.63, 3.8) is 0 Å². The average Bonchev–Trinajstić information content (AvgIpc) is 2.75. The largest absolute Gasteiger partial charge is 0.493 e. The molecule has 0 saturated heterocycles. The molecule has 0 heterocycles. The number of hydrogen-bond donors (Lipinski definition) is 0. The van der Waals surface area contributed by atoms with Gasteiger partial charge in [0.05, 0.1) is 32.8 Å². The molecule has 0 aliphatic rings. The average molecular weight is 469 g/mol. The van der Waals surface area contributed by atoms with Gasteiger partial charge < -0.3 is 28.4 Å². The Hall–Kier alpha value is -2.32. The molecular weight excluding hydrogens is 428 g/mol. The van der Waals surface area contributed by atoms with Crippen LogP contribution in [0.5, 0.6) is 11.5 Å². The van der Waals surface area contributed by atoms with Crippen molar-refractivity contribution in [1.82, 2.24) is 0 Å². The standard InChI is InChI=1S/C25H40O8/c1-9-29-22(26)21(23(27)30-10-2)20(24(31-11-3)32-12-4)17-13-14-18(28-8)19(15-17)33-16-25(5,6)7/h13-15,20-21,24H,9-12,16H2,1-8H3. The van der Waals surface area contributed by atoms with Gasteiger partial charge in [0.25, 0.3) is 0 Å². The fraction of sp³-hybridized carbons (Fsp3) is 0.680. The number of rotatable bonds is 14. The van der Waals surface area contributed by atoms with Gasteiger partial charge in [0.2, 0.25) is 0 Å². The highest BCUT2D eigenvalue weighted by Crippen LogP contribution is 2.38. The molecular formula is C25H40O8. The normalized spacial score (nSPS) is 12.5. The summed E-state index contributed by atoms with van der Waals surface area (Å²) in [6.07, 6.45) is -0.886. The van der Waals surface area contributed by atoms with Crippen LogP contribution in [0.2, 0.25) is 0 Å².